The van der Waals surface area contributed by atoms with Crippen molar-refractivity contribution < 1.29 is 4.74 Å². The van der Waals surface area contributed by atoms with Crippen molar-refractivity contribution in [3.8, 4) is 5.75 Å². The van der Waals surface area contributed by atoms with Crippen molar-refractivity contribution in [2.24, 2.45) is 0 Å². The number of anilines is 1. The van der Waals surface area contributed by atoms with Crippen LogP contribution in [0, 0.1) is 4.77 Å². The number of hydrogen-bond donors (Lipinski definition) is 2. The smallest absolute Gasteiger partial charge is 0.198 e. The Morgan fingerprint density at radius 3 is 2.92 bits per heavy atom. The van der Waals surface area contributed by atoms with E-state index >= 15 is 0 Å². The molecule has 0 saturated carbocycles. The quantitative estimate of drug-likeness (QED) is 0.552. The molecule has 25 heavy (non-hydrogen) atoms. The Labute approximate surface area is 154 Å². The number of nitrogens with zero attached hydrogens (tertiary/aromatic N) is 2. The number of nitrogens with one attached hydrogen (secondary N) is 2. The van der Waals surface area contributed by atoms with Gasteiger partial charge in [-0.25, -0.2) is 4.98 Å². The van der Waals surface area contributed by atoms with Gasteiger partial charge in [0.2, 0.25) is 0 Å². The van der Waals surface area contributed by atoms with Gasteiger partial charge < -0.3 is 15.0 Å². The molecule has 1 aromatic heterocycles. The van der Waals surface area contributed by atoms with E-state index in [-0.39, 0.29) is 0 Å². The topological polar surface area (TPSA) is 53.2 Å². The highest BCUT2D eigenvalue weighted by Crippen LogP contribution is 2.17. The molecule has 0 aliphatic carbocycles. The minimum Gasteiger partial charge on any atom is -0.494 e. The summed E-state index contributed by atoms with van der Waals surface area (Å²) in [7, 11) is 0. The van der Waals surface area contributed by atoms with Gasteiger partial charge in [-0.2, -0.15) is 0 Å². The number of aromatic nitrogens is 2. The van der Waals surface area contributed by atoms with Gasteiger partial charge in [0.15, 0.2) is 4.77 Å². The Balaban J connectivity index is 1.39. The van der Waals surface area contributed by atoms with Crippen molar-refractivity contribution in [3.05, 3.63) is 46.9 Å². The van der Waals surface area contributed by atoms with E-state index in [0.717, 1.165) is 31.1 Å². The second-order valence-electron chi connectivity index (χ2n) is 6.40. The lowest BCUT2D eigenvalue weighted by Crippen LogP contribution is -2.29. The minimum atomic E-state index is 0.492. The molecule has 0 radical (unpaired) electrons. The third kappa shape index (κ3) is 6.14. The summed E-state index contributed by atoms with van der Waals surface area (Å²) in [5.41, 5.74) is 1.34. The largest absolute Gasteiger partial charge is 0.494 e. The second-order valence-corrected chi connectivity index (χ2v) is 6.79. The summed E-state index contributed by atoms with van der Waals surface area (Å²) in [6, 6.07) is 10.4. The van der Waals surface area contributed by atoms with E-state index in [1.807, 2.05) is 12.1 Å². The van der Waals surface area contributed by atoms with Gasteiger partial charge >= 0.3 is 0 Å². The van der Waals surface area contributed by atoms with Crippen molar-refractivity contribution in [1.29, 1.82) is 0 Å². The van der Waals surface area contributed by atoms with Crippen LogP contribution in [-0.4, -0.2) is 41.1 Å². The number of hydrogen-bond acceptors (Lipinski definition) is 5. The SMILES string of the molecule is S=c1nccc(NCCCOc2cccc(CN3CCCCC3)c2)[nH]1. The molecule has 0 spiro atoms. The lowest BCUT2D eigenvalue weighted by Gasteiger charge is -2.26. The molecule has 6 heteroatoms. The van der Waals surface area contributed by atoms with Gasteiger partial charge in [-0.05, 0) is 68.3 Å². The maximum atomic E-state index is 5.90. The molecule has 3 rings (SSSR count). The van der Waals surface area contributed by atoms with Gasteiger partial charge in [0.05, 0.1) is 6.61 Å². The Hall–Kier alpha value is -1.92. The molecule has 1 aromatic carbocycles. The van der Waals surface area contributed by atoms with E-state index < -0.39 is 0 Å². The molecule has 0 unspecified atom stereocenters. The van der Waals surface area contributed by atoms with Crippen LogP contribution in [0.5, 0.6) is 5.75 Å². The first kappa shape index (κ1) is 17.9. The third-order valence-electron chi connectivity index (χ3n) is 4.33. The summed E-state index contributed by atoms with van der Waals surface area (Å²) in [5.74, 6) is 1.85. The lowest BCUT2D eigenvalue weighted by molar-refractivity contribution is 0.220. The molecule has 5 nitrogen and oxygen atoms in total. The number of rotatable bonds is 8. The first-order chi connectivity index (χ1) is 12.3. The monoisotopic (exact) mass is 358 g/mol. The van der Waals surface area contributed by atoms with E-state index in [4.69, 9.17) is 17.0 Å². The molecule has 2 heterocycles. The Morgan fingerprint density at radius 1 is 1.20 bits per heavy atom. The summed E-state index contributed by atoms with van der Waals surface area (Å²) < 4.78 is 6.39. The first-order valence-corrected chi connectivity index (χ1v) is 9.44. The van der Waals surface area contributed by atoms with Crippen molar-refractivity contribution in [3.63, 3.8) is 0 Å². The van der Waals surface area contributed by atoms with Gasteiger partial charge in [0, 0.05) is 19.3 Å². The average molecular weight is 359 g/mol. The van der Waals surface area contributed by atoms with Gasteiger partial charge in [0.25, 0.3) is 0 Å². The summed E-state index contributed by atoms with van der Waals surface area (Å²) in [5, 5.41) is 3.29. The molecular weight excluding hydrogens is 332 g/mol. The molecular formula is C19H26N4OS. The lowest BCUT2D eigenvalue weighted by atomic mass is 10.1. The van der Waals surface area contributed by atoms with Crippen LogP contribution in [0.4, 0.5) is 5.82 Å². The van der Waals surface area contributed by atoms with Crippen LogP contribution in [0.2, 0.25) is 0 Å². The maximum Gasteiger partial charge on any atom is 0.198 e. The Kier molecular flexibility index (Phi) is 6.82. The Morgan fingerprint density at radius 2 is 2.08 bits per heavy atom. The molecule has 1 fully saturated rings. The molecule has 0 bridgehead atoms. The van der Waals surface area contributed by atoms with Crippen LogP contribution in [0.25, 0.3) is 0 Å². The standard InChI is InChI=1S/C19H26N4OS/c25-19-21-10-8-18(22-19)20-9-5-13-24-17-7-4-6-16(14-17)15-23-11-2-1-3-12-23/h4,6-8,10,14H,1-3,5,9,11-13,15H2,(H2,20,21,22,25). The van der Waals surface area contributed by atoms with Crippen molar-refractivity contribution in [2.75, 3.05) is 31.6 Å². The highest BCUT2D eigenvalue weighted by atomic mass is 32.1. The van der Waals surface area contributed by atoms with Gasteiger partial charge in [-0.3, -0.25) is 4.90 Å². The van der Waals surface area contributed by atoms with Gasteiger partial charge in [-0.1, -0.05) is 18.6 Å². The number of piperidine rings is 1. The highest BCUT2D eigenvalue weighted by molar-refractivity contribution is 7.71. The summed E-state index contributed by atoms with van der Waals surface area (Å²) >= 11 is 5.00. The zero-order valence-electron chi connectivity index (χ0n) is 14.5. The fraction of sp³-hybridized carbons (Fsp3) is 0.474. The molecule has 2 aromatic rings. The molecule has 0 amide bonds. The van der Waals surface area contributed by atoms with Crippen molar-refractivity contribution >= 4 is 18.0 Å². The number of ether oxygens (including phenoxy) is 1. The Bertz CT molecular complexity index is 712. The van der Waals surface area contributed by atoms with E-state index in [1.165, 1.54) is 37.9 Å². The number of benzene rings is 1. The number of aromatic amines is 1. The maximum absolute atomic E-state index is 5.90. The minimum absolute atomic E-state index is 0.492. The third-order valence-corrected chi connectivity index (χ3v) is 4.54. The fourth-order valence-corrected chi connectivity index (χ4v) is 3.24. The zero-order valence-corrected chi connectivity index (χ0v) is 15.4. The van der Waals surface area contributed by atoms with Gasteiger partial charge in [-0.15, -0.1) is 0 Å². The van der Waals surface area contributed by atoms with Crippen molar-refractivity contribution in [2.45, 2.75) is 32.2 Å². The molecule has 1 aliphatic rings. The average Bonchev–Trinajstić information content (AvgIpc) is 2.63. The number of H-pyrrole nitrogens is 1. The van der Waals surface area contributed by atoms with E-state index in [2.05, 4.69) is 38.4 Å². The first-order valence-electron chi connectivity index (χ1n) is 9.03. The van der Waals surface area contributed by atoms with E-state index in [1.54, 1.807) is 6.20 Å². The predicted molar refractivity (Wildman–Crippen MR) is 104 cm³/mol. The number of likely N-dealkylation sites (tertiary alicyclic amines) is 1. The van der Waals surface area contributed by atoms with Gasteiger partial charge in [0.1, 0.15) is 11.6 Å². The second kappa shape index (κ2) is 9.53. The predicted octanol–water partition coefficient (Wildman–Crippen LogP) is 4.01. The molecule has 1 aliphatic heterocycles. The van der Waals surface area contributed by atoms with Crippen LogP contribution in [0.1, 0.15) is 31.2 Å². The van der Waals surface area contributed by atoms with E-state index in [9.17, 15) is 0 Å². The van der Waals surface area contributed by atoms with Crippen LogP contribution < -0.4 is 10.1 Å². The van der Waals surface area contributed by atoms with Crippen LogP contribution in [0.3, 0.4) is 0 Å². The van der Waals surface area contributed by atoms with Crippen LogP contribution in [-0.2, 0) is 6.54 Å². The fourth-order valence-electron chi connectivity index (χ4n) is 3.07. The summed E-state index contributed by atoms with van der Waals surface area (Å²) in [4.78, 5) is 9.51. The zero-order chi connectivity index (χ0) is 17.3. The summed E-state index contributed by atoms with van der Waals surface area (Å²) in [6.07, 6.45) is 6.64. The molecule has 134 valence electrons. The molecule has 1 saturated heterocycles. The summed E-state index contributed by atoms with van der Waals surface area (Å²) in [6.45, 7) is 4.97. The van der Waals surface area contributed by atoms with Crippen LogP contribution >= 0.6 is 12.2 Å². The van der Waals surface area contributed by atoms with Crippen molar-refractivity contribution in [1.82, 2.24) is 14.9 Å². The van der Waals surface area contributed by atoms with E-state index in [0.29, 0.717) is 11.4 Å². The molecule has 0 atom stereocenters. The molecule has 2 N–H and O–H groups in total. The highest BCUT2D eigenvalue weighted by Gasteiger charge is 2.10. The normalized spacial score (nSPS) is 15.0. The van der Waals surface area contributed by atoms with Crippen LogP contribution in [0.15, 0.2) is 36.5 Å².